The monoisotopic (exact) mass is 774 g/mol. The largest absolute Gasteiger partial charge is 0.496 e. The van der Waals surface area contributed by atoms with Crippen molar-refractivity contribution in [2.24, 2.45) is 0 Å². The lowest BCUT2D eigenvalue weighted by Crippen LogP contribution is -2.09. The third-order valence-corrected chi connectivity index (χ3v) is 9.91. The number of hydrogen-bond acceptors (Lipinski definition) is 9. The second-order valence-electron chi connectivity index (χ2n) is 14.1. The molecule has 0 aliphatic rings. The first-order chi connectivity index (χ1) is 27.8. The van der Waals surface area contributed by atoms with Crippen LogP contribution in [0.1, 0.15) is 104 Å². The van der Waals surface area contributed by atoms with Gasteiger partial charge in [0.1, 0.15) is 23.0 Å². The molecule has 1 unspecified atom stereocenters. The Kier molecular flexibility index (Phi) is 16.4. The van der Waals surface area contributed by atoms with Gasteiger partial charge in [-0.1, -0.05) is 44.7 Å². The molecule has 0 N–H and O–H groups in total. The minimum absolute atomic E-state index is 0.275. The number of rotatable bonds is 23. The molecule has 300 valence electrons. The van der Waals surface area contributed by atoms with Crippen LogP contribution in [0.4, 0.5) is 0 Å². The van der Waals surface area contributed by atoms with Crippen LogP contribution in [0.2, 0.25) is 0 Å². The van der Waals surface area contributed by atoms with E-state index < -0.39 is 5.97 Å². The summed E-state index contributed by atoms with van der Waals surface area (Å²) in [5.74, 6) is 2.00. The minimum Gasteiger partial charge on any atom is -0.496 e. The molecule has 1 atom stereocenters. The quantitative estimate of drug-likeness (QED) is 0.0277. The number of carbonyl (C=O) groups is 3. The van der Waals surface area contributed by atoms with E-state index >= 15 is 0 Å². The van der Waals surface area contributed by atoms with Crippen LogP contribution in [0, 0.1) is 0 Å². The zero-order chi connectivity index (χ0) is 40.4. The Labute approximate surface area is 335 Å². The fraction of sp³-hybridized carbons (Fsp3) is 0.354. The van der Waals surface area contributed by atoms with Gasteiger partial charge in [0.15, 0.2) is 0 Å². The number of hydrogen-bond donors (Lipinski definition) is 0. The van der Waals surface area contributed by atoms with Crippen LogP contribution in [-0.2, 0) is 14.3 Å². The van der Waals surface area contributed by atoms with Gasteiger partial charge in [0.05, 0.1) is 44.7 Å². The zero-order valence-corrected chi connectivity index (χ0v) is 33.4. The molecule has 5 aromatic rings. The molecule has 0 saturated carbocycles. The maximum Gasteiger partial charge on any atom is 0.343 e. The number of unbranched alkanes of at least 4 members (excludes halogenated alkanes) is 6. The molecule has 0 radical (unpaired) electrons. The highest BCUT2D eigenvalue weighted by Gasteiger charge is 2.15. The van der Waals surface area contributed by atoms with Crippen LogP contribution in [-0.4, -0.2) is 51.4 Å². The molecule has 0 amide bonds. The highest BCUT2D eigenvalue weighted by Crippen LogP contribution is 2.33. The summed E-state index contributed by atoms with van der Waals surface area (Å²) in [6, 6.07) is 28.2. The smallest absolute Gasteiger partial charge is 0.343 e. The number of fused-ring (bicyclic) bond motifs is 2. The van der Waals surface area contributed by atoms with Gasteiger partial charge in [-0.15, -0.1) is 0 Å². The van der Waals surface area contributed by atoms with E-state index in [-0.39, 0.29) is 17.9 Å². The maximum absolute atomic E-state index is 13.0. The van der Waals surface area contributed by atoms with E-state index in [2.05, 4.69) is 20.4 Å². The molecule has 9 nitrogen and oxygen atoms in total. The van der Waals surface area contributed by atoms with Crippen molar-refractivity contribution >= 4 is 39.5 Å². The van der Waals surface area contributed by atoms with Crippen LogP contribution in [0.3, 0.4) is 0 Å². The Hall–Kier alpha value is -5.83. The van der Waals surface area contributed by atoms with Gasteiger partial charge in [0.25, 0.3) is 0 Å². The number of benzene rings is 5. The van der Waals surface area contributed by atoms with Crippen molar-refractivity contribution in [3.8, 4) is 23.0 Å². The number of carbonyl (C=O) groups excluding carboxylic acids is 3. The van der Waals surface area contributed by atoms with Crippen molar-refractivity contribution in [2.45, 2.75) is 77.6 Å². The van der Waals surface area contributed by atoms with Crippen molar-refractivity contribution in [1.82, 2.24) is 0 Å². The topological polar surface area (TPSA) is 107 Å². The average molecular weight is 775 g/mol. The van der Waals surface area contributed by atoms with Crippen molar-refractivity contribution in [2.75, 3.05) is 33.5 Å². The van der Waals surface area contributed by atoms with Gasteiger partial charge in [-0.05, 0) is 152 Å². The molecular formula is C48H54O9. The van der Waals surface area contributed by atoms with Gasteiger partial charge in [-0.3, -0.25) is 0 Å². The van der Waals surface area contributed by atoms with Gasteiger partial charge in [-0.25, -0.2) is 14.4 Å². The van der Waals surface area contributed by atoms with Gasteiger partial charge in [0, 0.05) is 11.6 Å². The first-order valence-corrected chi connectivity index (χ1v) is 20.0. The summed E-state index contributed by atoms with van der Waals surface area (Å²) < 4.78 is 33.7. The first kappa shape index (κ1) is 42.3. The lowest BCUT2D eigenvalue weighted by atomic mass is 9.97. The van der Waals surface area contributed by atoms with Crippen LogP contribution in [0.5, 0.6) is 23.0 Å². The molecule has 5 aromatic carbocycles. The lowest BCUT2D eigenvalue weighted by molar-refractivity contribution is -0.137. The summed E-state index contributed by atoms with van der Waals surface area (Å²) in [7, 11) is 1.65. The average Bonchev–Trinajstić information content (AvgIpc) is 3.24. The number of ether oxygens (including phenoxy) is 6. The van der Waals surface area contributed by atoms with Crippen LogP contribution >= 0.6 is 0 Å². The van der Waals surface area contributed by atoms with Gasteiger partial charge >= 0.3 is 17.9 Å². The third-order valence-electron chi connectivity index (χ3n) is 9.91. The Morgan fingerprint density at radius 2 is 1.07 bits per heavy atom. The van der Waals surface area contributed by atoms with E-state index in [1.165, 1.54) is 6.08 Å². The predicted molar refractivity (Wildman–Crippen MR) is 224 cm³/mol. The molecule has 0 aliphatic heterocycles. The van der Waals surface area contributed by atoms with Gasteiger partial charge in [0.2, 0.25) is 0 Å². The molecule has 5 rings (SSSR count). The summed E-state index contributed by atoms with van der Waals surface area (Å²) in [5.41, 5.74) is 2.02. The highest BCUT2D eigenvalue weighted by atomic mass is 16.5. The zero-order valence-electron chi connectivity index (χ0n) is 33.4. The van der Waals surface area contributed by atoms with E-state index in [9.17, 15) is 14.4 Å². The van der Waals surface area contributed by atoms with Crippen molar-refractivity contribution in [3.05, 3.63) is 120 Å². The minimum atomic E-state index is -0.412. The summed E-state index contributed by atoms with van der Waals surface area (Å²) in [6.45, 7) is 9.59. The molecule has 57 heavy (non-hydrogen) atoms. The van der Waals surface area contributed by atoms with E-state index in [1.54, 1.807) is 25.3 Å². The van der Waals surface area contributed by atoms with Crippen LogP contribution in [0.25, 0.3) is 21.5 Å². The lowest BCUT2D eigenvalue weighted by Gasteiger charge is -2.15. The van der Waals surface area contributed by atoms with E-state index in [1.807, 2.05) is 72.8 Å². The van der Waals surface area contributed by atoms with Crippen molar-refractivity contribution < 1.29 is 42.8 Å². The van der Waals surface area contributed by atoms with Gasteiger partial charge in [-0.2, -0.15) is 0 Å². The molecule has 0 spiro atoms. The second kappa shape index (κ2) is 22.0. The molecule has 0 saturated heterocycles. The Bertz CT molecular complexity index is 2120. The standard InChI is InChI=1S/C48H54O9/c1-5-34(3)44-33-43(23-24-45(44)52-4)57-48(51)40-18-16-38-32-42(22-20-36(38)30-40)54-26-12-8-10-14-28-56-47(50)39-17-15-37-31-41(21-19-35(37)29-39)53-25-11-7-9-13-27-55-46(49)6-2/h6,15-24,29-34H,2,5,7-14,25-28H2,1,3-4H3. The Morgan fingerprint density at radius 3 is 1.61 bits per heavy atom. The molecule has 0 fully saturated rings. The van der Waals surface area contributed by atoms with Crippen LogP contribution < -0.4 is 18.9 Å². The SMILES string of the molecule is C=CC(=O)OCCCCCCOc1ccc2cc(C(=O)OCCCCCCOc3ccc4cc(C(=O)Oc5ccc(OC)c(C(C)CC)c5)ccc4c3)ccc2c1. The Balaban J connectivity index is 0.961. The normalized spacial score (nSPS) is 11.5. The van der Waals surface area contributed by atoms with Crippen molar-refractivity contribution in [3.63, 3.8) is 0 Å². The highest BCUT2D eigenvalue weighted by molar-refractivity contribution is 5.97. The Morgan fingerprint density at radius 1 is 0.579 bits per heavy atom. The van der Waals surface area contributed by atoms with E-state index in [4.69, 9.17) is 28.4 Å². The van der Waals surface area contributed by atoms with Crippen LogP contribution in [0.15, 0.2) is 104 Å². The van der Waals surface area contributed by atoms with Crippen molar-refractivity contribution in [1.29, 1.82) is 0 Å². The molecule has 0 heterocycles. The van der Waals surface area contributed by atoms with Gasteiger partial charge < -0.3 is 28.4 Å². The number of esters is 3. The number of methoxy groups -OCH3 is 1. The summed E-state index contributed by atoms with van der Waals surface area (Å²) in [4.78, 5) is 36.8. The molecule has 0 bridgehead atoms. The molecule has 9 heteroatoms. The first-order valence-electron chi connectivity index (χ1n) is 20.0. The third kappa shape index (κ3) is 12.9. The summed E-state index contributed by atoms with van der Waals surface area (Å²) >= 11 is 0. The predicted octanol–water partition coefficient (Wildman–Crippen LogP) is 11.2. The fourth-order valence-electron chi connectivity index (χ4n) is 6.40. The fourth-order valence-corrected chi connectivity index (χ4v) is 6.40. The molecule has 0 aromatic heterocycles. The second-order valence-corrected chi connectivity index (χ2v) is 14.1. The summed E-state index contributed by atoms with van der Waals surface area (Å²) in [6.07, 6.45) is 9.35. The summed E-state index contributed by atoms with van der Waals surface area (Å²) in [5, 5.41) is 3.84. The molecular weight excluding hydrogens is 721 g/mol. The maximum atomic E-state index is 13.0. The van der Waals surface area contributed by atoms with E-state index in [0.717, 1.165) is 102 Å². The van der Waals surface area contributed by atoms with E-state index in [0.29, 0.717) is 43.3 Å². The molecule has 0 aliphatic carbocycles.